The Kier molecular flexibility index (Phi) is 3.47. The van der Waals surface area contributed by atoms with E-state index >= 15 is 0 Å². The minimum absolute atomic E-state index is 0.169. The van der Waals surface area contributed by atoms with Crippen LogP contribution in [0.25, 0.3) is 0 Å². The maximum Gasteiger partial charge on any atom is 0.137 e. The van der Waals surface area contributed by atoms with Gasteiger partial charge in [0.1, 0.15) is 23.8 Å². The van der Waals surface area contributed by atoms with Crippen LogP contribution in [0, 0.1) is 5.82 Å². The first kappa shape index (κ1) is 11.8. The van der Waals surface area contributed by atoms with Crippen molar-refractivity contribution >= 4 is 15.9 Å². The van der Waals surface area contributed by atoms with Crippen molar-refractivity contribution in [3.63, 3.8) is 0 Å². The first-order chi connectivity index (χ1) is 7.61. The molecule has 0 aromatic heterocycles. The van der Waals surface area contributed by atoms with Crippen LogP contribution in [0.15, 0.2) is 22.7 Å². The van der Waals surface area contributed by atoms with Crippen molar-refractivity contribution in [1.29, 1.82) is 0 Å². The summed E-state index contributed by atoms with van der Waals surface area (Å²) in [4.78, 5) is 0. The molecular weight excluding hydrogens is 279 g/mol. The Morgan fingerprint density at radius 3 is 2.81 bits per heavy atom. The lowest BCUT2D eigenvalue weighted by atomic mass is 9.88. The molecule has 5 heteroatoms. The van der Waals surface area contributed by atoms with Crippen LogP contribution >= 0.6 is 15.9 Å². The molecule has 1 aliphatic carbocycles. The summed E-state index contributed by atoms with van der Waals surface area (Å²) in [5.41, 5.74) is 0. The maximum atomic E-state index is 13.0. The Labute approximate surface area is 101 Å². The lowest BCUT2D eigenvalue weighted by molar-refractivity contribution is -0.149. The number of aliphatic hydroxyl groups is 1. The van der Waals surface area contributed by atoms with Crippen molar-refractivity contribution in [2.75, 3.05) is 7.11 Å². The van der Waals surface area contributed by atoms with Crippen LogP contribution in [-0.2, 0) is 4.74 Å². The zero-order valence-electron chi connectivity index (χ0n) is 8.69. The van der Waals surface area contributed by atoms with E-state index in [-0.39, 0.29) is 18.0 Å². The highest BCUT2D eigenvalue weighted by molar-refractivity contribution is 9.10. The molecular formula is C11H12BrFO3. The molecule has 2 rings (SSSR count). The predicted octanol–water partition coefficient (Wildman–Crippen LogP) is 2.12. The van der Waals surface area contributed by atoms with E-state index in [0.29, 0.717) is 16.6 Å². The number of benzene rings is 1. The smallest absolute Gasteiger partial charge is 0.137 e. The first-order valence-electron chi connectivity index (χ1n) is 4.94. The van der Waals surface area contributed by atoms with E-state index in [2.05, 4.69) is 15.9 Å². The molecule has 16 heavy (non-hydrogen) atoms. The quantitative estimate of drug-likeness (QED) is 0.927. The molecule has 1 fully saturated rings. The predicted molar refractivity (Wildman–Crippen MR) is 59.9 cm³/mol. The molecule has 88 valence electrons. The van der Waals surface area contributed by atoms with Gasteiger partial charge in [-0.25, -0.2) is 4.39 Å². The summed E-state index contributed by atoms with van der Waals surface area (Å²) in [7, 11) is 1.53. The highest BCUT2D eigenvalue weighted by atomic mass is 79.9. The Morgan fingerprint density at radius 2 is 2.25 bits per heavy atom. The van der Waals surface area contributed by atoms with Gasteiger partial charge in [-0.2, -0.15) is 0 Å². The second-order valence-electron chi connectivity index (χ2n) is 3.74. The summed E-state index contributed by atoms with van der Waals surface area (Å²) >= 11 is 3.08. The number of aliphatic hydroxyl groups excluding tert-OH is 1. The summed E-state index contributed by atoms with van der Waals surface area (Å²) < 4.78 is 24.0. The molecule has 0 aliphatic heterocycles. The first-order valence-corrected chi connectivity index (χ1v) is 5.73. The van der Waals surface area contributed by atoms with Gasteiger partial charge in [0.05, 0.1) is 10.6 Å². The third-order valence-electron chi connectivity index (χ3n) is 2.67. The van der Waals surface area contributed by atoms with Crippen LogP contribution < -0.4 is 4.74 Å². The topological polar surface area (TPSA) is 38.7 Å². The van der Waals surface area contributed by atoms with Crippen molar-refractivity contribution < 1.29 is 19.0 Å². The average molecular weight is 291 g/mol. The van der Waals surface area contributed by atoms with Crippen LogP contribution in [0.5, 0.6) is 5.75 Å². The van der Waals surface area contributed by atoms with Gasteiger partial charge in [0.25, 0.3) is 0 Å². The lowest BCUT2D eigenvalue weighted by Gasteiger charge is -2.39. The molecule has 3 atom stereocenters. The fraction of sp³-hybridized carbons (Fsp3) is 0.455. The summed E-state index contributed by atoms with van der Waals surface area (Å²) in [6, 6.07) is 4.45. The average Bonchev–Trinajstić information content (AvgIpc) is 2.23. The Bertz CT molecular complexity index is 385. The van der Waals surface area contributed by atoms with Gasteiger partial charge in [0.2, 0.25) is 0 Å². The minimum Gasteiger partial charge on any atom is -0.487 e. The molecule has 0 heterocycles. The Hall–Kier alpha value is -0.650. The molecule has 3 unspecified atom stereocenters. The molecule has 1 N–H and O–H groups in total. The number of methoxy groups -OCH3 is 1. The third kappa shape index (κ3) is 2.21. The van der Waals surface area contributed by atoms with Gasteiger partial charge in [-0.05, 0) is 34.1 Å². The summed E-state index contributed by atoms with van der Waals surface area (Å²) in [6.07, 6.45) is -0.409. The second kappa shape index (κ2) is 4.69. The molecule has 1 saturated carbocycles. The van der Waals surface area contributed by atoms with E-state index in [4.69, 9.17) is 9.47 Å². The largest absolute Gasteiger partial charge is 0.487 e. The number of hydrogen-bond acceptors (Lipinski definition) is 3. The fourth-order valence-corrected chi connectivity index (χ4v) is 2.06. The molecule has 1 aromatic carbocycles. The van der Waals surface area contributed by atoms with Crippen LogP contribution in [-0.4, -0.2) is 30.5 Å². The highest BCUT2D eigenvalue weighted by Crippen LogP contribution is 2.30. The lowest BCUT2D eigenvalue weighted by Crippen LogP contribution is -2.54. The molecule has 0 saturated heterocycles. The van der Waals surface area contributed by atoms with Crippen molar-refractivity contribution in [3.05, 3.63) is 28.5 Å². The highest BCUT2D eigenvalue weighted by Gasteiger charge is 2.42. The Balaban J connectivity index is 2.02. The Morgan fingerprint density at radius 1 is 1.50 bits per heavy atom. The van der Waals surface area contributed by atoms with Gasteiger partial charge in [0, 0.05) is 13.5 Å². The molecule has 1 aromatic rings. The van der Waals surface area contributed by atoms with Gasteiger partial charge in [0.15, 0.2) is 0 Å². The molecule has 0 bridgehead atoms. The standard InChI is InChI=1S/C11H12BrFO3/c1-15-11-9(14)5-10(11)16-6-2-3-8(13)7(12)4-6/h2-4,9-11,14H,5H2,1H3. The molecule has 1 aliphatic rings. The number of rotatable bonds is 3. The summed E-state index contributed by atoms with van der Waals surface area (Å²) in [6.45, 7) is 0. The molecule has 0 amide bonds. The van der Waals surface area contributed by atoms with Gasteiger partial charge in [-0.15, -0.1) is 0 Å². The van der Waals surface area contributed by atoms with Crippen molar-refractivity contribution in [2.45, 2.75) is 24.7 Å². The number of halogens is 2. The normalized spacial score (nSPS) is 28.6. The van der Waals surface area contributed by atoms with E-state index in [9.17, 15) is 9.50 Å². The van der Waals surface area contributed by atoms with E-state index in [1.54, 1.807) is 12.1 Å². The van der Waals surface area contributed by atoms with Crippen LogP contribution in [0.2, 0.25) is 0 Å². The fourth-order valence-electron chi connectivity index (χ4n) is 1.71. The maximum absolute atomic E-state index is 13.0. The van der Waals surface area contributed by atoms with Crippen LogP contribution in [0.3, 0.4) is 0 Å². The van der Waals surface area contributed by atoms with E-state index in [1.165, 1.54) is 13.2 Å². The van der Waals surface area contributed by atoms with E-state index in [1.807, 2.05) is 0 Å². The zero-order valence-corrected chi connectivity index (χ0v) is 10.3. The minimum atomic E-state index is -0.473. The van der Waals surface area contributed by atoms with Crippen LogP contribution in [0.4, 0.5) is 4.39 Å². The molecule has 0 radical (unpaired) electrons. The number of hydrogen-bond donors (Lipinski definition) is 1. The van der Waals surface area contributed by atoms with Crippen molar-refractivity contribution in [2.24, 2.45) is 0 Å². The molecule has 0 spiro atoms. The SMILES string of the molecule is COC1C(O)CC1Oc1ccc(F)c(Br)c1. The van der Waals surface area contributed by atoms with Crippen molar-refractivity contribution in [1.82, 2.24) is 0 Å². The van der Waals surface area contributed by atoms with E-state index < -0.39 is 6.10 Å². The van der Waals surface area contributed by atoms with Gasteiger partial charge in [-0.1, -0.05) is 0 Å². The van der Waals surface area contributed by atoms with Crippen LogP contribution in [0.1, 0.15) is 6.42 Å². The van der Waals surface area contributed by atoms with Gasteiger partial charge < -0.3 is 14.6 Å². The molecule has 3 nitrogen and oxygen atoms in total. The van der Waals surface area contributed by atoms with Crippen molar-refractivity contribution in [3.8, 4) is 5.75 Å². The number of ether oxygens (including phenoxy) is 2. The zero-order chi connectivity index (χ0) is 11.7. The monoisotopic (exact) mass is 290 g/mol. The van der Waals surface area contributed by atoms with E-state index in [0.717, 1.165) is 0 Å². The summed E-state index contributed by atoms with van der Waals surface area (Å²) in [5.74, 6) is 0.233. The van der Waals surface area contributed by atoms with Gasteiger partial charge >= 0.3 is 0 Å². The summed E-state index contributed by atoms with van der Waals surface area (Å²) in [5, 5.41) is 9.38. The third-order valence-corrected chi connectivity index (χ3v) is 3.28. The second-order valence-corrected chi connectivity index (χ2v) is 4.59. The van der Waals surface area contributed by atoms with Gasteiger partial charge in [-0.3, -0.25) is 0 Å².